The molecule has 0 aliphatic heterocycles. The molecular formula is C14H29NO. The highest BCUT2D eigenvalue weighted by molar-refractivity contribution is 4.90. The standard InChI is InChI=1S/C14H29NO/c1-6-7-15(10(2)3)14-12(5)8-11(4)9-13(14)16/h10-14,16H,6-9H2,1-5H3. The average Bonchev–Trinajstić information content (AvgIpc) is 2.14. The van der Waals surface area contributed by atoms with Gasteiger partial charge >= 0.3 is 0 Å². The van der Waals surface area contributed by atoms with Crippen LogP contribution in [0.25, 0.3) is 0 Å². The van der Waals surface area contributed by atoms with Gasteiger partial charge in [0.25, 0.3) is 0 Å². The van der Waals surface area contributed by atoms with Crippen molar-refractivity contribution in [3.05, 3.63) is 0 Å². The Balaban J connectivity index is 2.73. The van der Waals surface area contributed by atoms with Crippen molar-refractivity contribution in [3.63, 3.8) is 0 Å². The van der Waals surface area contributed by atoms with E-state index < -0.39 is 0 Å². The smallest absolute Gasteiger partial charge is 0.0700 e. The average molecular weight is 227 g/mol. The van der Waals surface area contributed by atoms with Crippen molar-refractivity contribution in [3.8, 4) is 0 Å². The van der Waals surface area contributed by atoms with Gasteiger partial charge in [-0.1, -0.05) is 20.8 Å². The van der Waals surface area contributed by atoms with Crippen molar-refractivity contribution < 1.29 is 5.11 Å². The summed E-state index contributed by atoms with van der Waals surface area (Å²) in [6, 6.07) is 0.909. The molecule has 1 aliphatic carbocycles. The Morgan fingerprint density at radius 2 is 1.88 bits per heavy atom. The largest absolute Gasteiger partial charge is 0.391 e. The fourth-order valence-electron chi connectivity index (χ4n) is 3.36. The second-order valence-corrected chi connectivity index (χ2v) is 5.94. The van der Waals surface area contributed by atoms with Crippen LogP contribution in [0.3, 0.4) is 0 Å². The number of aliphatic hydroxyl groups excluding tert-OH is 1. The van der Waals surface area contributed by atoms with Gasteiger partial charge in [-0.15, -0.1) is 0 Å². The first-order valence-electron chi connectivity index (χ1n) is 6.91. The lowest BCUT2D eigenvalue weighted by molar-refractivity contribution is -0.0366. The van der Waals surface area contributed by atoms with Gasteiger partial charge in [0.05, 0.1) is 6.10 Å². The van der Waals surface area contributed by atoms with Crippen molar-refractivity contribution >= 4 is 0 Å². The molecule has 1 rings (SSSR count). The van der Waals surface area contributed by atoms with Crippen molar-refractivity contribution in [1.29, 1.82) is 0 Å². The van der Waals surface area contributed by atoms with Gasteiger partial charge in [0.15, 0.2) is 0 Å². The minimum absolute atomic E-state index is 0.132. The Bertz CT molecular complexity index is 193. The Labute approximate surface area is 101 Å². The van der Waals surface area contributed by atoms with E-state index in [1.165, 1.54) is 12.8 Å². The molecule has 16 heavy (non-hydrogen) atoms. The van der Waals surface area contributed by atoms with Crippen LogP contribution in [-0.4, -0.2) is 34.7 Å². The molecule has 0 bridgehead atoms. The lowest BCUT2D eigenvalue weighted by Gasteiger charge is -2.45. The van der Waals surface area contributed by atoms with Crippen LogP contribution in [-0.2, 0) is 0 Å². The van der Waals surface area contributed by atoms with Crippen LogP contribution >= 0.6 is 0 Å². The topological polar surface area (TPSA) is 23.5 Å². The summed E-state index contributed by atoms with van der Waals surface area (Å²) in [7, 11) is 0. The van der Waals surface area contributed by atoms with Crippen molar-refractivity contribution in [1.82, 2.24) is 4.90 Å². The summed E-state index contributed by atoms with van der Waals surface area (Å²) < 4.78 is 0. The zero-order chi connectivity index (χ0) is 12.3. The van der Waals surface area contributed by atoms with Crippen LogP contribution in [0.4, 0.5) is 0 Å². The Morgan fingerprint density at radius 3 is 2.31 bits per heavy atom. The molecule has 0 spiro atoms. The maximum atomic E-state index is 10.3. The molecule has 4 unspecified atom stereocenters. The first kappa shape index (κ1) is 14.0. The summed E-state index contributed by atoms with van der Waals surface area (Å²) in [5.74, 6) is 1.30. The van der Waals surface area contributed by atoms with E-state index in [0.717, 1.165) is 13.0 Å². The first-order chi connectivity index (χ1) is 7.47. The maximum Gasteiger partial charge on any atom is 0.0700 e. The molecule has 1 N–H and O–H groups in total. The van der Waals surface area contributed by atoms with Gasteiger partial charge in [-0.2, -0.15) is 0 Å². The molecule has 0 amide bonds. The minimum atomic E-state index is -0.132. The fourth-order valence-corrected chi connectivity index (χ4v) is 3.36. The number of hydrogen-bond acceptors (Lipinski definition) is 2. The quantitative estimate of drug-likeness (QED) is 0.798. The lowest BCUT2D eigenvalue weighted by atomic mass is 9.77. The molecule has 0 radical (unpaired) electrons. The molecule has 2 nitrogen and oxygen atoms in total. The predicted molar refractivity (Wildman–Crippen MR) is 69.5 cm³/mol. The van der Waals surface area contributed by atoms with Crippen LogP contribution in [0.1, 0.15) is 53.9 Å². The van der Waals surface area contributed by atoms with Crippen molar-refractivity contribution in [2.45, 2.75) is 72.1 Å². The van der Waals surface area contributed by atoms with Crippen LogP contribution < -0.4 is 0 Å². The highest BCUT2D eigenvalue weighted by atomic mass is 16.3. The summed E-state index contributed by atoms with van der Waals surface area (Å²) in [5, 5.41) is 10.3. The number of hydrogen-bond donors (Lipinski definition) is 1. The van der Waals surface area contributed by atoms with Gasteiger partial charge in [0, 0.05) is 12.1 Å². The van der Waals surface area contributed by atoms with E-state index in [0.29, 0.717) is 23.9 Å². The van der Waals surface area contributed by atoms with E-state index in [9.17, 15) is 5.11 Å². The van der Waals surface area contributed by atoms with Gasteiger partial charge in [0.1, 0.15) is 0 Å². The second kappa shape index (κ2) is 6.02. The second-order valence-electron chi connectivity index (χ2n) is 5.94. The van der Waals surface area contributed by atoms with E-state index in [1.807, 2.05) is 0 Å². The molecule has 0 aromatic rings. The summed E-state index contributed by atoms with van der Waals surface area (Å²) in [4.78, 5) is 2.50. The molecule has 4 atom stereocenters. The third-order valence-corrected chi connectivity index (χ3v) is 3.92. The third kappa shape index (κ3) is 3.21. The molecule has 96 valence electrons. The number of aliphatic hydroxyl groups is 1. The fraction of sp³-hybridized carbons (Fsp3) is 1.00. The van der Waals surface area contributed by atoms with Crippen LogP contribution in [0.5, 0.6) is 0 Å². The zero-order valence-corrected chi connectivity index (χ0v) is 11.6. The molecule has 1 fully saturated rings. The minimum Gasteiger partial charge on any atom is -0.391 e. The van der Waals surface area contributed by atoms with Crippen molar-refractivity contribution in [2.75, 3.05) is 6.54 Å². The van der Waals surface area contributed by atoms with Gasteiger partial charge in [-0.05, 0) is 51.5 Å². The summed E-state index contributed by atoms with van der Waals surface area (Å²) >= 11 is 0. The Hall–Kier alpha value is -0.0800. The maximum absolute atomic E-state index is 10.3. The summed E-state index contributed by atoms with van der Waals surface area (Å²) in [5.41, 5.74) is 0. The van der Waals surface area contributed by atoms with Gasteiger partial charge in [0.2, 0.25) is 0 Å². The molecule has 1 saturated carbocycles. The van der Waals surface area contributed by atoms with Crippen LogP contribution in [0, 0.1) is 11.8 Å². The summed E-state index contributed by atoms with van der Waals surface area (Å²) in [6.45, 7) is 12.4. The van der Waals surface area contributed by atoms with E-state index in [2.05, 4.69) is 39.5 Å². The molecule has 0 heterocycles. The summed E-state index contributed by atoms with van der Waals surface area (Å²) in [6.07, 6.45) is 3.27. The Kier molecular flexibility index (Phi) is 5.26. The van der Waals surface area contributed by atoms with Gasteiger partial charge in [-0.25, -0.2) is 0 Å². The van der Waals surface area contributed by atoms with E-state index in [-0.39, 0.29) is 6.10 Å². The predicted octanol–water partition coefficient (Wildman–Crippen LogP) is 2.90. The lowest BCUT2D eigenvalue weighted by Crippen LogP contribution is -2.53. The SMILES string of the molecule is CCCN(C(C)C)C1C(C)CC(C)CC1O. The first-order valence-corrected chi connectivity index (χ1v) is 6.91. The van der Waals surface area contributed by atoms with Crippen LogP contribution in [0.2, 0.25) is 0 Å². The Morgan fingerprint density at radius 1 is 1.25 bits per heavy atom. The highest BCUT2D eigenvalue weighted by Crippen LogP contribution is 2.33. The molecule has 0 saturated heterocycles. The molecule has 1 aliphatic rings. The van der Waals surface area contributed by atoms with Gasteiger partial charge in [-0.3, -0.25) is 4.90 Å². The molecular weight excluding hydrogens is 198 g/mol. The third-order valence-electron chi connectivity index (χ3n) is 3.92. The monoisotopic (exact) mass is 227 g/mol. The van der Waals surface area contributed by atoms with E-state index >= 15 is 0 Å². The van der Waals surface area contributed by atoms with Crippen molar-refractivity contribution in [2.24, 2.45) is 11.8 Å². The molecule has 0 aromatic carbocycles. The molecule has 0 aromatic heterocycles. The normalized spacial score (nSPS) is 36.0. The zero-order valence-electron chi connectivity index (χ0n) is 11.6. The molecule has 2 heteroatoms. The van der Waals surface area contributed by atoms with Crippen LogP contribution in [0.15, 0.2) is 0 Å². The van der Waals surface area contributed by atoms with E-state index in [4.69, 9.17) is 0 Å². The number of rotatable bonds is 4. The highest BCUT2D eigenvalue weighted by Gasteiger charge is 2.37. The van der Waals surface area contributed by atoms with Gasteiger partial charge < -0.3 is 5.11 Å². The number of nitrogens with zero attached hydrogens (tertiary/aromatic N) is 1. The van der Waals surface area contributed by atoms with E-state index in [1.54, 1.807) is 0 Å².